The summed E-state index contributed by atoms with van der Waals surface area (Å²) < 4.78 is 14.6. The standard InChI is InChI=1S/C11H15BrFNO/c1-6-5-8(12)7(2)10(11(6)13)9(15)3-4-14/h5,9,15H,3-4,14H2,1-2H3. The molecule has 0 spiro atoms. The van der Waals surface area contributed by atoms with Crippen molar-refractivity contribution in [3.05, 3.63) is 33.0 Å². The third kappa shape index (κ3) is 2.56. The molecule has 1 unspecified atom stereocenters. The van der Waals surface area contributed by atoms with Gasteiger partial charge in [0.05, 0.1) is 6.10 Å². The summed E-state index contributed by atoms with van der Waals surface area (Å²) in [6.45, 7) is 3.80. The minimum absolute atomic E-state index is 0.336. The van der Waals surface area contributed by atoms with Gasteiger partial charge in [-0.15, -0.1) is 0 Å². The number of aryl methyl sites for hydroxylation is 1. The molecule has 0 aliphatic heterocycles. The Bertz CT molecular complexity index is 342. The van der Waals surface area contributed by atoms with Crippen LogP contribution in [-0.4, -0.2) is 11.7 Å². The van der Waals surface area contributed by atoms with Gasteiger partial charge in [0.1, 0.15) is 5.82 Å². The minimum Gasteiger partial charge on any atom is -0.388 e. The molecule has 3 N–H and O–H groups in total. The van der Waals surface area contributed by atoms with E-state index in [0.717, 1.165) is 10.0 Å². The van der Waals surface area contributed by atoms with Crippen molar-refractivity contribution in [1.82, 2.24) is 0 Å². The second-order valence-corrected chi connectivity index (χ2v) is 4.48. The molecular weight excluding hydrogens is 261 g/mol. The van der Waals surface area contributed by atoms with Gasteiger partial charge in [-0.3, -0.25) is 0 Å². The second kappa shape index (κ2) is 5.05. The largest absolute Gasteiger partial charge is 0.388 e. The Hall–Kier alpha value is -0.450. The molecule has 0 heterocycles. The first kappa shape index (κ1) is 12.6. The Morgan fingerprint density at radius 1 is 1.53 bits per heavy atom. The molecular formula is C11H15BrFNO. The number of hydrogen-bond acceptors (Lipinski definition) is 2. The Balaban J connectivity index is 3.26. The van der Waals surface area contributed by atoms with Gasteiger partial charge in [-0.2, -0.15) is 0 Å². The maximum absolute atomic E-state index is 13.8. The smallest absolute Gasteiger partial charge is 0.132 e. The molecule has 0 aromatic heterocycles. The summed E-state index contributed by atoms with van der Waals surface area (Å²) in [5, 5.41) is 9.79. The first-order valence-corrected chi connectivity index (χ1v) is 5.61. The van der Waals surface area contributed by atoms with Gasteiger partial charge in [-0.25, -0.2) is 4.39 Å². The molecule has 1 atom stereocenters. The second-order valence-electron chi connectivity index (χ2n) is 3.62. The van der Waals surface area contributed by atoms with Gasteiger partial charge >= 0.3 is 0 Å². The van der Waals surface area contributed by atoms with Crippen LogP contribution in [0.1, 0.15) is 29.2 Å². The van der Waals surface area contributed by atoms with Crippen LogP contribution in [0.3, 0.4) is 0 Å². The SMILES string of the molecule is Cc1cc(Br)c(C)c(C(O)CCN)c1F. The summed E-state index contributed by atoms with van der Waals surface area (Å²) in [6, 6.07) is 1.71. The molecule has 1 aromatic rings. The Morgan fingerprint density at radius 3 is 2.67 bits per heavy atom. The van der Waals surface area contributed by atoms with E-state index >= 15 is 0 Å². The topological polar surface area (TPSA) is 46.2 Å². The molecule has 84 valence electrons. The number of aliphatic hydroxyl groups excluding tert-OH is 1. The molecule has 0 fully saturated rings. The molecule has 4 heteroatoms. The van der Waals surface area contributed by atoms with Crippen LogP contribution in [0.2, 0.25) is 0 Å². The highest BCUT2D eigenvalue weighted by atomic mass is 79.9. The molecule has 0 aliphatic rings. The van der Waals surface area contributed by atoms with Crippen LogP contribution in [0.5, 0.6) is 0 Å². The normalized spacial score (nSPS) is 12.9. The van der Waals surface area contributed by atoms with E-state index in [-0.39, 0.29) is 5.82 Å². The van der Waals surface area contributed by atoms with Crippen LogP contribution >= 0.6 is 15.9 Å². The van der Waals surface area contributed by atoms with Gasteiger partial charge < -0.3 is 10.8 Å². The maximum atomic E-state index is 13.8. The van der Waals surface area contributed by atoms with Crippen LogP contribution in [-0.2, 0) is 0 Å². The highest BCUT2D eigenvalue weighted by Crippen LogP contribution is 2.31. The summed E-state index contributed by atoms with van der Waals surface area (Å²) in [4.78, 5) is 0. The lowest BCUT2D eigenvalue weighted by molar-refractivity contribution is 0.164. The van der Waals surface area contributed by atoms with Crippen molar-refractivity contribution >= 4 is 15.9 Å². The minimum atomic E-state index is -0.828. The van der Waals surface area contributed by atoms with Crippen molar-refractivity contribution in [2.24, 2.45) is 5.73 Å². The average Bonchev–Trinajstić information content (AvgIpc) is 2.16. The number of hydrogen-bond donors (Lipinski definition) is 2. The Labute approximate surface area is 97.4 Å². The fourth-order valence-electron chi connectivity index (χ4n) is 1.57. The number of aliphatic hydroxyl groups is 1. The molecule has 2 nitrogen and oxygen atoms in total. The fourth-order valence-corrected chi connectivity index (χ4v) is 2.12. The summed E-state index contributed by atoms with van der Waals surface area (Å²) in [7, 11) is 0. The predicted octanol–water partition coefficient (Wildman–Crippen LogP) is 2.59. The van der Waals surface area contributed by atoms with Crippen LogP contribution in [0.4, 0.5) is 4.39 Å². The first-order chi connectivity index (χ1) is 6.99. The van der Waals surface area contributed by atoms with Crippen LogP contribution in [0.15, 0.2) is 10.5 Å². The zero-order valence-electron chi connectivity index (χ0n) is 8.85. The molecule has 0 bridgehead atoms. The molecule has 0 amide bonds. The zero-order chi connectivity index (χ0) is 11.6. The molecule has 0 saturated carbocycles. The van der Waals surface area contributed by atoms with Crippen molar-refractivity contribution in [2.75, 3.05) is 6.54 Å². The average molecular weight is 276 g/mol. The van der Waals surface area contributed by atoms with E-state index in [2.05, 4.69) is 15.9 Å². The van der Waals surface area contributed by atoms with Crippen molar-refractivity contribution in [3.63, 3.8) is 0 Å². The van der Waals surface area contributed by atoms with Crippen molar-refractivity contribution in [2.45, 2.75) is 26.4 Å². The van der Waals surface area contributed by atoms with Gasteiger partial charge in [0.25, 0.3) is 0 Å². The van der Waals surface area contributed by atoms with Crippen LogP contribution in [0, 0.1) is 19.7 Å². The Kier molecular flexibility index (Phi) is 4.25. The molecule has 1 rings (SSSR count). The van der Waals surface area contributed by atoms with E-state index in [9.17, 15) is 9.50 Å². The van der Waals surface area contributed by atoms with E-state index < -0.39 is 6.10 Å². The lowest BCUT2D eigenvalue weighted by Gasteiger charge is -2.16. The fraction of sp³-hybridized carbons (Fsp3) is 0.455. The number of nitrogens with two attached hydrogens (primary N) is 1. The van der Waals surface area contributed by atoms with E-state index in [0.29, 0.717) is 24.1 Å². The molecule has 15 heavy (non-hydrogen) atoms. The quantitative estimate of drug-likeness (QED) is 0.891. The van der Waals surface area contributed by atoms with Gasteiger partial charge in [0.15, 0.2) is 0 Å². The van der Waals surface area contributed by atoms with Crippen LogP contribution < -0.4 is 5.73 Å². The van der Waals surface area contributed by atoms with E-state index in [1.807, 2.05) is 0 Å². The van der Waals surface area contributed by atoms with Gasteiger partial charge in [0.2, 0.25) is 0 Å². The molecule has 0 aliphatic carbocycles. The summed E-state index contributed by atoms with van der Waals surface area (Å²) in [6.07, 6.45) is -0.459. The van der Waals surface area contributed by atoms with E-state index in [1.165, 1.54) is 0 Å². The zero-order valence-corrected chi connectivity index (χ0v) is 10.4. The lowest BCUT2D eigenvalue weighted by atomic mass is 9.98. The summed E-state index contributed by atoms with van der Waals surface area (Å²) in [5.74, 6) is -0.336. The highest BCUT2D eigenvalue weighted by molar-refractivity contribution is 9.10. The third-order valence-electron chi connectivity index (χ3n) is 2.46. The maximum Gasteiger partial charge on any atom is 0.132 e. The Morgan fingerprint density at radius 2 is 2.13 bits per heavy atom. The van der Waals surface area contributed by atoms with Crippen molar-refractivity contribution < 1.29 is 9.50 Å². The van der Waals surface area contributed by atoms with E-state index in [4.69, 9.17) is 5.73 Å². The number of halogens is 2. The van der Waals surface area contributed by atoms with E-state index in [1.54, 1.807) is 19.9 Å². The summed E-state index contributed by atoms with van der Waals surface area (Å²) in [5.41, 5.74) is 6.96. The third-order valence-corrected chi connectivity index (χ3v) is 3.29. The van der Waals surface area contributed by atoms with Gasteiger partial charge in [-0.1, -0.05) is 15.9 Å². The molecule has 0 saturated heterocycles. The number of rotatable bonds is 3. The number of benzene rings is 1. The molecule has 1 aromatic carbocycles. The van der Waals surface area contributed by atoms with Crippen molar-refractivity contribution in [3.8, 4) is 0 Å². The molecule has 0 radical (unpaired) electrons. The van der Waals surface area contributed by atoms with Crippen LogP contribution in [0.25, 0.3) is 0 Å². The predicted molar refractivity (Wildman–Crippen MR) is 62.2 cm³/mol. The van der Waals surface area contributed by atoms with Gasteiger partial charge in [0, 0.05) is 10.0 Å². The lowest BCUT2D eigenvalue weighted by Crippen LogP contribution is -2.11. The monoisotopic (exact) mass is 275 g/mol. The van der Waals surface area contributed by atoms with Crippen molar-refractivity contribution in [1.29, 1.82) is 0 Å². The first-order valence-electron chi connectivity index (χ1n) is 4.82. The summed E-state index contributed by atoms with van der Waals surface area (Å²) >= 11 is 3.34. The van der Waals surface area contributed by atoms with Gasteiger partial charge in [-0.05, 0) is 44.0 Å². The highest BCUT2D eigenvalue weighted by Gasteiger charge is 2.18.